The van der Waals surface area contributed by atoms with Gasteiger partial charge in [0.25, 0.3) is 5.91 Å². The Hall–Kier alpha value is -1.84. The van der Waals surface area contributed by atoms with Gasteiger partial charge in [0, 0.05) is 12.1 Å². The maximum absolute atomic E-state index is 12.3. The van der Waals surface area contributed by atoms with E-state index in [4.69, 9.17) is 0 Å². The van der Waals surface area contributed by atoms with Gasteiger partial charge < -0.3 is 10.6 Å². The van der Waals surface area contributed by atoms with Crippen molar-refractivity contribution in [1.29, 1.82) is 0 Å². The van der Waals surface area contributed by atoms with Crippen molar-refractivity contribution in [1.82, 2.24) is 10.6 Å². The molecule has 0 bridgehead atoms. The molecule has 21 heavy (non-hydrogen) atoms. The maximum atomic E-state index is 12.3. The van der Waals surface area contributed by atoms with Crippen LogP contribution >= 0.6 is 0 Å². The van der Waals surface area contributed by atoms with Crippen molar-refractivity contribution in [2.75, 3.05) is 6.54 Å². The molecule has 4 heteroatoms. The van der Waals surface area contributed by atoms with Crippen LogP contribution in [0.1, 0.15) is 49.5 Å². The molecular formula is C17H26N2O2. The number of hydrogen-bond donors (Lipinski definition) is 2. The molecule has 0 heterocycles. The summed E-state index contributed by atoms with van der Waals surface area (Å²) in [5.74, 6) is -0.266. The molecule has 2 amide bonds. The molecule has 116 valence electrons. The van der Waals surface area contributed by atoms with Crippen molar-refractivity contribution < 1.29 is 9.59 Å². The standard InChI is InChI=1S/C17H26N2O2/c1-5-6-11-18-17(21)15(12(2)3)19-16(20)14-10-8-7-9-13(14)4/h7-10,12,15H,5-6,11H2,1-4H3,(H,18,21)(H,19,20). The van der Waals surface area contributed by atoms with E-state index in [-0.39, 0.29) is 17.7 Å². The van der Waals surface area contributed by atoms with Crippen molar-refractivity contribution in [3.8, 4) is 0 Å². The van der Waals surface area contributed by atoms with Crippen LogP contribution in [0.25, 0.3) is 0 Å². The summed E-state index contributed by atoms with van der Waals surface area (Å²) in [5, 5.41) is 5.73. The van der Waals surface area contributed by atoms with Crippen LogP contribution in [0, 0.1) is 12.8 Å². The van der Waals surface area contributed by atoms with Crippen LogP contribution in [-0.4, -0.2) is 24.4 Å². The highest BCUT2D eigenvalue weighted by Crippen LogP contribution is 2.09. The molecule has 0 saturated carbocycles. The largest absolute Gasteiger partial charge is 0.354 e. The van der Waals surface area contributed by atoms with Gasteiger partial charge in [0.1, 0.15) is 6.04 Å². The third-order valence-electron chi connectivity index (χ3n) is 3.45. The summed E-state index contributed by atoms with van der Waals surface area (Å²) >= 11 is 0. The van der Waals surface area contributed by atoms with Gasteiger partial charge >= 0.3 is 0 Å². The maximum Gasteiger partial charge on any atom is 0.252 e. The van der Waals surface area contributed by atoms with E-state index < -0.39 is 6.04 Å². The minimum atomic E-state index is -0.506. The van der Waals surface area contributed by atoms with Crippen LogP contribution < -0.4 is 10.6 Å². The van der Waals surface area contributed by atoms with E-state index in [2.05, 4.69) is 17.6 Å². The number of hydrogen-bond acceptors (Lipinski definition) is 2. The van der Waals surface area contributed by atoms with Gasteiger partial charge in [-0.05, 0) is 30.9 Å². The number of aryl methyl sites for hydroxylation is 1. The van der Waals surface area contributed by atoms with Crippen LogP contribution in [0.4, 0.5) is 0 Å². The Morgan fingerprint density at radius 1 is 1.19 bits per heavy atom. The molecule has 1 rings (SSSR count). The monoisotopic (exact) mass is 290 g/mol. The summed E-state index contributed by atoms with van der Waals surface area (Å²) < 4.78 is 0. The van der Waals surface area contributed by atoms with Crippen molar-refractivity contribution in [3.05, 3.63) is 35.4 Å². The molecule has 1 aromatic rings. The predicted octanol–water partition coefficient (Wildman–Crippen LogP) is 2.67. The Labute approximate surface area is 127 Å². The van der Waals surface area contributed by atoms with E-state index in [1.54, 1.807) is 6.07 Å². The Balaban J connectivity index is 2.72. The zero-order chi connectivity index (χ0) is 15.8. The number of carbonyl (C=O) groups excluding carboxylic acids is 2. The quantitative estimate of drug-likeness (QED) is 0.759. The number of carbonyl (C=O) groups is 2. The molecule has 4 nitrogen and oxygen atoms in total. The number of nitrogens with one attached hydrogen (secondary N) is 2. The van der Waals surface area contributed by atoms with Crippen molar-refractivity contribution in [2.24, 2.45) is 5.92 Å². The highest BCUT2D eigenvalue weighted by molar-refractivity contribution is 5.98. The molecule has 0 aliphatic carbocycles. The van der Waals surface area contributed by atoms with Gasteiger partial charge in [-0.2, -0.15) is 0 Å². The van der Waals surface area contributed by atoms with Gasteiger partial charge in [0.15, 0.2) is 0 Å². The lowest BCUT2D eigenvalue weighted by atomic mass is 10.0. The highest BCUT2D eigenvalue weighted by Gasteiger charge is 2.24. The molecule has 0 aliphatic heterocycles. The molecule has 1 aromatic carbocycles. The van der Waals surface area contributed by atoms with Crippen LogP contribution in [0.5, 0.6) is 0 Å². The van der Waals surface area contributed by atoms with E-state index in [1.807, 2.05) is 39.0 Å². The molecule has 0 fully saturated rings. The first-order valence-corrected chi connectivity index (χ1v) is 7.61. The number of benzene rings is 1. The fourth-order valence-electron chi connectivity index (χ4n) is 2.08. The summed E-state index contributed by atoms with van der Waals surface area (Å²) in [6.07, 6.45) is 1.98. The van der Waals surface area contributed by atoms with E-state index in [9.17, 15) is 9.59 Å². The molecule has 0 aliphatic rings. The summed E-state index contributed by atoms with van der Waals surface area (Å²) in [4.78, 5) is 24.5. The lowest BCUT2D eigenvalue weighted by molar-refractivity contribution is -0.123. The first kappa shape index (κ1) is 17.2. The molecule has 0 spiro atoms. The van der Waals surface area contributed by atoms with Crippen LogP contribution in [0.15, 0.2) is 24.3 Å². The van der Waals surface area contributed by atoms with E-state index in [0.29, 0.717) is 12.1 Å². The fraction of sp³-hybridized carbons (Fsp3) is 0.529. The Bertz CT molecular complexity index is 483. The van der Waals surface area contributed by atoms with E-state index in [0.717, 1.165) is 18.4 Å². The molecule has 0 aromatic heterocycles. The summed E-state index contributed by atoms with van der Waals surface area (Å²) in [6.45, 7) is 8.48. The smallest absolute Gasteiger partial charge is 0.252 e. The van der Waals surface area contributed by atoms with Gasteiger partial charge in [-0.15, -0.1) is 0 Å². The summed E-state index contributed by atoms with van der Waals surface area (Å²) in [7, 11) is 0. The molecule has 2 N–H and O–H groups in total. The third kappa shape index (κ3) is 5.21. The Kier molecular flexibility index (Phi) is 6.92. The van der Waals surface area contributed by atoms with Crippen LogP contribution in [0.2, 0.25) is 0 Å². The molecule has 0 saturated heterocycles. The molecular weight excluding hydrogens is 264 g/mol. The second kappa shape index (κ2) is 8.45. The zero-order valence-electron chi connectivity index (χ0n) is 13.4. The average Bonchev–Trinajstić information content (AvgIpc) is 2.44. The lowest BCUT2D eigenvalue weighted by Crippen LogP contribution is -2.50. The second-order valence-corrected chi connectivity index (χ2v) is 5.65. The first-order chi connectivity index (χ1) is 9.97. The topological polar surface area (TPSA) is 58.2 Å². The summed E-state index contributed by atoms with van der Waals surface area (Å²) in [6, 6.07) is 6.88. The molecule has 1 unspecified atom stereocenters. The second-order valence-electron chi connectivity index (χ2n) is 5.65. The third-order valence-corrected chi connectivity index (χ3v) is 3.45. The normalized spacial score (nSPS) is 12.0. The van der Waals surface area contributed by atoms with Crippen molar-refractivity contribution >= 4 is 11.8 Å². The molecule has 1 atom stereocenters. The minimum Gasteiger partial charge on any atom is -0.354 e. The lowest BCUT2D eigenvalue weighted by Gasteiger charge is -2.22. The SMILES string of the molecule is CCCCNC(=O)C(NC(=O)c1ccccc1C)C(C)C. The van der Waals surface area contributed by atoms with Gasteiger partial charge in [0.2, 0.25) is 5.91 Å². The summed E-state index contributed by atoms with van der Waals surface area (Å²) in [5.41, 5.74) is 1.52. The predicted molar refractivity (Wildman–Crippen MR) is 85.2 cm³/mol. The van der Waals surface area contributed by atoms with E-state index in [1.165, 1.54) is 0 Å². The van der Waals surface area contributed by atoms with Crippen LogP contribution in [0.3, 0.4) is 0 Å². The van der Waals surface area contributed by atoms with Gasteiger partial charge in [-0.25, -0.2) is 0 Å². The van der Waals surface area contributed by atoms with Gasteiger partial charge in [-0.3, -0.25) is 9.59 Å². The van der Waals surface area contributed by atoms with Crippen molar-refractivity contribution in [3.63, 3.8) is 0 Å². The Morgan fingerprint density at radius 3 is 2.43 bits per heavy atom. The average molecular weight is 290 g/mol. The number of rotatable bonds is 7. The highest BCUT2D eigenvalue weighted by atomic mass is 16.2. The van der Waals surface area contributed by atoms with Gasteiger partial charge in [0.05, 0.1) is 0 Å². The zero-order valence-corrected chi connectivity index (χ0v) is 13.4. The van der Waals surface area contributed by atoms with Gasteiger partial charge in [-0.1, -0.05) is 45.4 Å². The minimum absolute atomic E-state index is 0.0413. The first-order valence-electron chi connectivity index (χ1n) is 7.61. The van der Waals surface area contributed by atoms with Crippen LogP contribution in [-0.2, 0) is 4.79 Å². The van der Waals surface area contributed by atoms with Crippen molar-refractivity contribution in [2.45, 2.75) is 46.6 Å². The number of amides is 2. The number of unbranched alkanes of at least 4 members (excludes halogenated alkanes) is 1. The molecule has 0 radical (unpaired) electrons. The fourth-order valence-corrected chi connectivity index (χ4v) is 2.08. The van der Waals surface area contributed by atoms with E-state index >= 15 is 0 Å². The Morgan fingerprint density at radius 2 is 1.86 bits per heavy atom.